The van der Waals surface area contributed by atoms with Crippen molar-refractivity contribution in [3.63, 3.8) is 0 Å². The second kappa shape index (κ2) is 14.9. The van der Waals surface area contributed by atoms with E-state index in [1.807, 2.05) is 31.2 Å². The highest BCUT2D eigenvalue weighted by Gasteiger charge is 2.43. The van der Waals surface area contributed by atoms with Crippen LogP contribution < -0.4 is 11.1 Å². The topological polar surface area (TPSA) is 131 Å². The molecule has 1 heterocycles. The molecule has 224 valence electrons. The Kier molecular flexibility index (Phi) is 11.7. The van der Waals surface area contributed by atoms with E-state index in [1.54, 1.807) is 17.0 Å². The molecular formula is C31H42FN3O6. The van der Waals surface area contributed by atoms with Crippen molar-refractivity contribution in [2.75, 3.05) is 33.9 Å². The van der Waals surface area contributed by atoms with Crippen LogP contribution in [-0.4, -0.2) is 67.9 Å². The Labute approximate surface area is 241 Å². The molecule has 0 radical (unpaired) electrons. The molecule has 0 aliphatic carbocycles. The van der Waals surface area contributed by atoms with Gasteiger partial charge < -0.3 is 30.5 Å². The Morgan fingerprint density at radius 3 is 2.66 bits per heavy atom. The Hall–Kier alpha value is -3.50. The minimum Gasteiger partial charge on any atom is -0.468 e. The molecule has 9 nitrogen and oxygen atoms in total. The number of piperidine rings is 1. The van der Waals surface area contributed by atoms with Gasteiger partial charge in [0.2, 0.25) is 5.91 Å². The summed E-state index contributed by atoms with van der Waals surface area (Å²) in [7, 11) is 2.53. The lowest BCUT2D eigenvalue weighted by atomic mass is 9.72. The van der Waals surface area contributed by atoms with Crippen molar-refractivity contribution in [1.29, 1.82) is 0 Å². The summed E-state index contributed by atoms with van der Waals surface area (Å²) < 4.78 is 24.9. The molecule has 0 saturated carbocycles. The Bertz CT molecular complexity index is 1210. The lowest BCUT2D eigenvalue weighted by Gasteiger charge is -2.44. The van der Waals surface area contributed by atoms with E-state index in [2.05, 4.69) is 14.8 Å². The van der Waals surface area contributed by atoms with Crippen molar-refractivity contribution in [2.24, 2.45) is 11.7 Å². The summed E-state index contributed by atoms with van der Waals surface area (Å²) >= 11 is 0. The monoisotopic (exact) mass is 571 g/mol. The van der Waals surface area contributed by atoms with Crippen LogP contribution in [0.25, 0.3) is 11.1 Å². The summed E-state index contributed by atoms with van der Waals surface area (Å²) in [6, 6.07) is 11.5. The third-order valence-corrected chi connectivity index (χ3v) is 7.92. The van der Waals surface area contributed by atoms with Gasteiger partial charge in [-0.2, -0.15) is 0 Å². The first kappa shape index (κ1) is 32.0. The molecule has 0 bridgehead atoms. The maximum absolute atomic E-state index is 15.6. The van der Waals surface area contributed by atoms with Crippen LogP contribution in [-0.2, 0) is 31.1 Å². The molecule has 1 aliphatic heterocycles. The fourth-order valence-corrected chi connectivity index (χ4v) is 5.60. The van der Waals surface area contributed by atoms with Gasteiger partial charge in [-0.3, -0.25) is 9.59 Å². The molecule has 3 atom stereocenters. The zero-order valence-corrected chi connectivity index (χ0v) is 24.2. The molecule has 2 amide bonds. The van der Waals surface area contributed by atoms with E-state index in [4.69, 9.17) is 5.73 Å². The van der Waals surface area contributed by atoms with Crippen LogP contribution in [0, 0.1) is 11.7 Å². The first-order valence-electron chi connectivity index (χ1n) is 14.2. The van der Waals surface area contributed by atoms with Crippen molar-refractivity contribution < 1.29 is 33.4 Å². The number of aryl methyl sites for hydroxylation is 1. The van der Waals surface area contributed by atoms with Gasteiger partial charge in [-0.15, -0.1) is 0 Å². The standard InChI is InChI=1S/C31H42FN3O6/c1-4-21-9-5-10-22(19-21)28-24(12-6-13-25(28)32)31(39,16-8-17-34-30(38)41-3)23-11-7-18-35(20-23)27(36)15-14-26(33)29(37)40-2/h5-6,9-10,12-13,19,23,26,39H,4,7-8,11,14-18,20,33H2,1-3H3,(H,34,38). The molecule has 2 aromatic carbocycles. The third kappa shape index (κ3) is 8.04. The van der Waals surface area contributed by atoms with E-state index in [0.29, 0.717) is 42.5 Å². The van der Waals surface area contributed by atoms with E-state index < -0.39 is 35.4 Å². The number of hydrogen-bond donors (Lipinski definition) is 3. The SMILES string of the molecule is CCc1cccc(-c2c(F)cccc2C(O)(CCCNC(=O)OC)C2CCCN(C(=O)CCC(N)C(=O)OC)C2)c1. The fourth-order valence-electron chi connectivity index (χ4n) is 5.60. The minimum absolute atomic E-state index is 0.0689. The number of carbonyl (C=O) groups is 3. The molecule has 41 heavy (non-hydrogen) atoms. The van der Waals surface area contributed by atoms with Crippen LogP contribution in [0.15, 0.2) is 42.5 Å². The van der Waals surface area contributed by atoms with E-state index in [1.165, 1.54) is 20.3 Å². The summed E-state index contributed by atoms with van der Waals surface area (Å²) in [6.45, 7) is 3.05. The number of ether oxygens (including phenoxy) is 2. The van der Waals surface area contributed by atoms with Crippen molar-refractivity contribution in [2.45, 2.75) is 63.5 Å². The molecule has 1 saturated heterocycles. The van der Waals surface area contributed by atoms with Crippen molar-refractivity contribution in [1.82, 2.24) is 10.2 Å². The molecular weight excluding hydrogens is 529 g/mol. The number of nitrogens with two attached hydrogens (primary N) is 1. The Morgan fingerprint density at radius 1 is 1.20 bits per heavy atom. The third-order valence-electron chi connectivity index (χ3n) is 7.92. The van der Waals surface area contributed by atoms with Gasteiger partial charge in [0, 0.05) is 37.5 Å². The molecule has 0 aromatic heterocycles. The predicted octanol–water partition coefficient (Wildman–Crippen LogP) is 3.90. The zero-order chi connectivity index (χ0) is 30.0. The van der Waals surface area contributed by atoms with Crippen LogP contribution in [0.3, 0.4) is 0 Å². The van der Waals surface area contributed by atoms with Crippen molar-refractivity contribution >= 4 is 18.0 Å². The van der Waals surface area contributed by atoms with Gasteiger partial charge >= 0.3 is 12.1 Å². The zero-order valence-electron chi connectivity index (χ0n) is 24.2. The lowest BCUT2D eigenvalue weighted by molar-refractivity contribution is -0.142. The first-order valence-corrected chi connectivity index (χ1v) is 14.2. The number of esters is 1. The number of halogens is 1. The van der Waals surface area contributed by atoms with E-state index in [-0.39, 0.29) is 38.3 Å². The summed E-state index contributed by atoms with van der Waals surface area (Å²) in [5, 5.41) is 15.2. The Morgan fingerprint density at radius 2 is 1.95 bits per heavy atom. The quantitative estimate of drug-likeness (QED) is 0.260. The molecule has 2 aromatic rings. The average molecular weight is 572 g/mol. The van der Waals surface area contributed by atoms with Crippen molar-refractivity contribution in [3.05, 3.63) is 59.4 Å². The number of rotatable bonds is 12. The lowest BCUT2D eigenvalue weighted by Crippen LogP contribution is -2.49. The molecule has 3 unspecified atom stereocenters. The molecule has 10 heteroatoms. The highest BCUT2D eigenvalue weighted by Crippen LogP contribution is 2.44. The first-order chi connectivity index (χ1) is 19.6. The van der Waals surface area contributed by atoms with E-state index in [9.17, 15) is 19.5 Å². The number of nitrogens with zero attached hydrogens (tertiary/aromatic N) is 1. The maximum atomic E-state index is 15.6. The smallest absolute Gasteiger partial charge is 0.406 e. The number of nitrogens with one attached hydrogen (secondary N) is 1. The number of methoxy groups -OCH3 is 2. The number of benzene rings is 2. The van der Waals surface area contributed by atoms with Gasteiger partial charge in [0.15, 0.2) is 0 Å². The van der Waals surface area contributed by atoms with Crippen LogP contribution in [0.5, 0.6) is 0 Å². The summed E-state index contributed by atoms with van der Waals surface area (Å²) in [4.78, 5) is 38.1. The highest BCUT2D eigenvalue weighted by molar-refractivity contribution is 5.79. The average Bonchev–Trinajstić information content (AvgIpc) is 3.00. The van der Waals surface area contributed by atoms with Gasteiger partial charge in [0.1, 0.15) is 11.9 Å². The highest BCUT2D eigenvalue weighted by atomic mass is 19.1. The normalized spacial score (nSPS) is 17.3. The van der Waals surface area contributed by atoms with Crippen LogP contribution in [0.4, 0.5) is 9.18 Å². The maximum Gasteiger partial charge on any atom is 0.406 e. The van der Waals surface area contributed by atoms with Gasteiger partial charge in [-0.1, -0.05) is 43.3 Å². The predicted molar refractivity (Wildman–Crippen MR) is 153 cm³/mol. The summed E-state index contributed by atoms with van der Waals surface area (Å²) in [5.41, 5.74) is 6.82. The number of likely N-dealkylation sites (tertiary alicyclic amines) is 1. The largest absolute Gasteiger partial charge is 0.468 e. The van der Waals surface area contributed by atoms with Gasteiger partial charge in [0.25, 0.3) is 0 Å². The van der Waals surface area contributed by atoms with Crippen LogP contribution in [0.1, 0.15) is 56.6 Å². The minimum atomic E-state index is -1.50. The number of hydrogen-bond acceptors (Lipinski definition) is 7. The van der Waals surface area contributed by atoms with Gasteiger partial charge in [-0.05, 0) is 61.3 Å². The van der Waals surface area contributed by atoms with Gasteiger partial charge in [-0.25, -0.2) is 9.18 Å². The second-order valence-electron chi connectivity index (χ2n) is 10.5. The number of amides is 2. The molecule has 0 spiro atoms. The van der Waals surface area contributed by atoms with Crippen LogP contribution >= 0.6 is 0 Å². The molecule has 1 aliphatic rings. The van der Waals surface area contributed by atoms with Gasteiger partial charge in [0.05, 0.1) is 19.8 Å². The molecule has 4 N–H and O–H groups in total. The fraction of sp³-hybridized carbons (Fsp3) is 0.516. The van der Waals surface area contributed by atoms with Crippen molar-refractivity contribution in [3.8, 4) is 11.1 Å². The van der Waals surface area contributed by atoms with Crippen LogP contribution in [0.2, 0.25) is 0 Å². The number of alkyl carbamates (subject to hydrolysis) is 1. The number of aliphatic hydroxyl groups is 1. The summed E-state index contributed by atoms with van der Waals surface area (Å²) in [5.74, 6) is -1.58. The summed E-state index contributed by atoms with van der Waals surface area (Å²) in [6.07, 6.45) is 2.32. The van der Waals surface area contributed by atoms with E-state index in [0.717, 1.165) is 12.0 Å². The number of carbonyl (C=O) groups excluding carboxylic acids is 3. The second-order valence-corrected chi connectivity index (χ2v) is 10.5. The molecule has 3 rings (SSSR count). The Balaban J connectivity index is 1.94. The van der Waals surface area contributed by atoms with E-state index >= 15 is 4.39 Å². The molecule has 1 fully saturated rings.